The van der Waals surface area contributed by atoms with Gasteiger partial charge in [-0.3, -0.25) is 4.57 Å². The third-order valence-corrected chi connectivity index (χ3v) is 4.47. The van der Waals surface area contributed by atoms with E-state index in [1.165, 1.54) is 17.2 Å². The molecule has 1 fully saturated rings. The average Bonchev–Trinajstić information content (AvgIpc) is 3.18. The van der Waals surface area contributed by atoms with Gasteiger partial charge in [0.25, 0.3) is 0 Å². The molecule has 1 aliphatic heterocycles. The first kappa shape index (κ1) is 17.1. The van der Waals surface area contributed by atoms with Gasteiger partial charge in [-0.1, -0.05) is 17.7 Å². The van der Waals surface area contributed by atoms with Crippen LogP contribution in [0.15, 0.2) is 36.9 Å². The Bertz CT molecular complexity index is 936. The Kier molecular flexibility index (Phi) is 4.47. The Labute approximate surface area is 152 Å². The van der Waals surface area contributed by atoms with Crippen molar-refractivity contribution in [3.05, 3.63) is 41.9 Å². The first-order chi connectivity index (χ1) is 12.6. The van der Waals surface area contributed by atoms with Crippen molar-refractivity contribution in [3.8, 4) is 0 Å². The molecule has 0 aliphatic carbocycles. The highest BCUT2D eigenvalue weighted by Gasteiger charge is 2.44. The molecule has 3 heterocycles. The van der Waals surface area contributed by atoms with E-state index in [2.05, 4.69) is 20.3 Å². The van der Waals surface area contributed by atoms with Gasteiger partial charge >= 0.3 is 0 Å². The fourth-order valence-corrected chi connectivity index (χ4v) is 3.13. The lowest BCUT2D eigenvalue weighted by Gasteiger charge is -2.16. The Morgan fingerprint density at radius 3 is 2.77 bits per heavy atom. The molecule has 4 rings (SSSR count). The lowest BCUT2D eigenvalue weighted by atomic mass is 10.1. The van der Waals surface area contributed by atoms with Crippen LogP contribution in [0.25, 0.3) is 11.2 Å². The van der Waals surface area contributed by atoms with Gasteiger partial charge in [0.05, 0.1) is 12.9 Å². The molecule has 0 bridgehead atoms. The molecular weight excluding hydrogens is 362 g/mol. The predicted octanol–water partition coefficient (Wildman–Crippen LogP) is 0.835. The summed E-state index contributed by atoms with van der Waals surface area (Å²) in [7, 11) is 0. The molecule has 0 radical (unpaired) electrons. The van der Waals surface area contributed by atoms with Gasteiger partial charge in [-0.05, 0) is 18.2 Å². The Morgan fingerprint density at radius 2 is 2.04 bits per heavy atom. The number of benzene rings is 1. The SMILES string of the molecule is OC[C@H]1O[C@@H](n2cnc3c(Nc4cccc(Cl)c4)ncnc32)[C@H](O)[C@@H]1O. The zero-order valence-corrected chi connectivity index (χ0v) is 14.2. The molecule has 4 N–H and O–H groups in total. The molecule has 9 nitrogen and oxygen atoms in total. The second kappa shape index (κ2) is 6.78. The van der Waals surface area contributed by atoms with Crippen molar-refractivity contribution >= 4 is 34.3 Å². The van der Waals surface area contributed by atoms with Crippen molar-refractivity contribution in [1.82, 2.24) is 19.5 Å². The number of aliphatic hydroxyl groups is 3. The molecule has 0 saturated carbocycles. The van der Waals surface area contributed by atoms with Crippen LogP contribution < -0.4 is 5.32 Å². The summed E-state index contributed by atoms with van der Waals surface area (Å²) in [6.45, 7) is -0.405. The lowest BCUT2D eigenvalue weighted by molar-refractivity contribution is -0.0511. The Hall–Kier alpha value is -2.30. The van der Waals surface area contributed by atoms with Crippen LogP contribution in [0.3, 0.4) is 0 Å². The number of hydrogen-bond donors (Lipinski definition) is 4. The van der Waals surface area contributed by atoms with E-state index in [0.29, 0.717) is 22.0 Å². The second-order valence-corrected chi connectivity index (χ2v) is 6.35. The van der Waals surface area contributed by atoms with Gasteiger partial charge in [-0.15, -0.1) is 0 Å². The summed E-state index contributed by atoms with van der Waals surface area (Å²) >= 11 is 6.00. The number of aromatic nitrogens is 4. The molecule has 10 heteroatoms. The van der Waals surface area contributed by atoms with E-state index in [0.717, 1.165) is 5.69 Å². The van der Waals surface area contributed by atoms with Crippen molar-refractivity contribution in [2.75, 3.05) is 11.9 Å². The topological polar surface area (TPSA) is 126 Å². The quantitative estimate of drug-likeness (QED) is 0.527. The van der Waals surface area contributed by atoms with Gasteiger partial charge in [0.1, 0.15) is 24.6 Å². The number of fused-ring (bicyclic) bond motifs is 1. The van der Waals surface area contributed by atoms with Crippen LogP contribution in [0.1, 0.15) is 6.23 Å². The maximum Gasteiger partial charge on any atom is 0.167 e. The van der Waals surface area contributed by atoms with E-state index in [1.807, 2.05) is 6.07 Å². The monoisotopic (exact) mass is 377 g/mol. The zero-order chi connectivity index (χ0) is 18.3. The highest BCUT2D eigenvalue weighted by atomic mass is 35.5. The predicted molar refractivity (Wildman–Crippen MR) is 93.1 cm³/mol. The fourth-order valence-electron chi connectivity index (χ4n) is 2.94. The van der Waals surface area contributed by atoms with Gasteiger partial charge in [0.15, 0.2) is 23.2 Å². The summed E-state index contributed by atoms with van der Waals surface area (Å²) < 4.78 is 7.04. The standard InChI is InChI=1S/C16H16ClN5O4/c17-8-2-1-3-9(4-8)21-14-11-15(19-6-18-14)22(7-20-11)16-13(25)12(24)10(5-23)26-16/h1-4,6-7,10,12-13,16,23-25H,5H2,(H,18,19,21)/t10-,12-,13-,16-/m1/s1. The maximum atomic E-state index is 10.2. The summed E-state index contributed by atoms with van der Waals surface area (Å²) in [6.07, 6.45) is -1.41. The molecule has 136 valence electrons. The number of halogens is 1. The average molecular weight is 378 g/mol. The van der Waals surface area contributed by atoms with Crippen LogP contribution in [-0.4, -0.2) is 59.8 Å². The molecule has 0 unspecified atom stereocenters. The number of ether oxygens (including phenoxy) is 1. The number of nitrogens with one attached hydrogen (secondary N) is 1. The van der Waals surface area contributed by atoms with E-state index in [-0.39, 0.29) is 0 Å². The van der Waals surface area contributed by atoms with Crippen LogP contribution in [0.4, 0.5) is 11.5 Å². The summed E-state index contributed by atoms with van der Waals surface area (Å²) in [5, 5.41) is 33.1. The number of hydrogen-bond acceptors (Lipinski definition) is 8. The number of anilines is 2. The Balaban J connectivity index is 1.69. The van der Waals surface area contributed by atoms with Crippen molar-refractivity contribution in [2.45, 2.75) is 24.5 Å². The third-order valence-electron chi connectivity index (χ3n) is 4.24. The molecule has 1 aliphatic rings. The summed E-state index contributed by atoms with van der Waals surface area (Å²) in [5.74, 6) is 0.461. The molecule has 0 amide bonds. The van der Waals surface area contributed by atoms with Gasteiger partial charge in [0, 0.05) is 10.7 Å². The second-order valence-electron chi connectivity index (χ2n) is 5.91. The number of imidazole rings is 1. The zero-order valence-electron chi connectivity index (χ0n) is 13.4. The highest BCUT2D eigenvalue weighted by molar-refractivity contribution is 6.30. The molecule has 1 saturated heterocycles. The van der Waals surface area contributed by atoms with E-state index in [1.54, 1.807) is 18.2 Å². The molecule has 0 spiro atoms. The molecule has 26 heavy (non-hydrogen) atoms. The van der Waals surface area contributed by atoms with Gasteiger partial charge < -0.3 is 25.4 Å². The highest BCUT2D eigenvalue weighted by Crippen LogP contribution is 2.32. The van der Waals surface area contributed by atoms with Crippen molar-refractivity contribution < 1.29 is 20.1 Å². The maximum absolute atomic E-state index is 10.2. The molecule has 3 aromatic rings. The van der Waals surface area contributed by atoms with E-state index >= 15 is 0 Å². The normalized spacial score (nSPS) is 25.7. The molecular formula is C16H16ClN5O4. The van der Waals surface area contributed by atoms with E-state index in [4.69, 9.17) is 16.3 Å². The fraction of sp³-hybridized carbons (Fsp3) is 0.312. The minimum absolute atomic E-state index is 0.405. The number of aliphatic hydroxyl groups excluding tert-OH is 3. The minimum atomic E-state index is -1.22. The molecule has 4 atom stereocenters. The Morgan fingerprint density at radius 1 is 1.19 bits per heavy atom. The van der Waals surface area contributed by atoms with Crippen LogP contribution in [0.5, 0.6) is 0 Å². The summed E-state index contributed by atoms with van der Waals surface area (Å²) in [6, 6.07) is 7.15. The molecule has 2 aromatic heterocycles. The van der Waals surface area contributed by atoms with Gasteiger partial charge in [-0.2, -0.15) is 0 Å². The molecule has 1 aromatic carbocycles. The largest absolute Gasteiger partial charge is 0.394 e. The van der Waals surface area contributed by atoms with Crippen molar-refractivity contribution in [1.29, 1.82) is 0 Å². The van der Waals surface area contributed by atoms with Crippen molar-refractivity contribution in [2.24, 2.45) is 0 Å². The lowest BCUT2D eigenvalue weighted by Crippen LogP contribution is -2.33. The number of rotatable bonds is 4. The smallest absolute Gasteiger partial charge is 0.167 e. The third kappa shape index (κ3) is 2.89. The van der Waals surface area contributed by atoms with E-state index in [9.17, 15) is 15.3 Å². The number of nitrogens with zero attached hydrogens (tertiary/aromatic N) is 4. The van der Waals surface area contributed by atoms with Gasteiger partial charge in [0.2, 0.25) is 0 Å². The van der Waals surface area contributed by atoms with Crippen LogP contribution in [0.2, 0.25) is 5.02 Å². The summed E-state index contributed by atoms with van der Waals surface area (Å²) in [5.41, 5.74) is 1.62. The summed E-state index contributed by atoms with van der Waals surface area (Å²) in [4.78, 5) is 12.7. The minimum Gasteiger partial charge on any atom is -0.394 e. The van der Waals surface area contributed by atoms with E-state index < -0.39 is 31.1 Å². The first-order valence-electron chi connectivity index (χ1n) is 7.91. The van der Waals surface area contributed by atoms with Crippen LogP contribution in [-0.2, 0) is 4.74 Å². The van der Waals surface area contributed by atoms with Crippen molar-refractivity contribution in [3.63, 3.8) is 0 Å². The van der Waals surface area contributed by atoms with Crippen LogP contribution >= 0.6 is 11.6 Å². The van der Waals surface area contributed by atoms with Crippen LogP contribution in [0, 0.1) is 0 Å². The van der Waals surface area contributed by atoms with Gasteiger partial charge in [-0.25, -0.2) is 15.0 Å². The first-order valence-corrected chi connectivity index (χ1v) is 8.29.